The van der Waals surface area contributed by atoms with Crippen LogP contribution in [0.5, 0.6) is 0 Å². The van der Waals surface area contributed by atoms with Crippen LogP contribution in [0, 0.1) is 0 Å². The molecular formula is C15H29N3O6S. The second kappa shape index (κ2) is 10.7. The van der Waals surface area contributed by atoms with E-state index in [1.807, 2.05) is 11.8 Å². The van der Waals surface area contributed by atoms with Gasteiger partial charge in [-0.3, -0.25) is 24.3 Å². The van der Waals surface area contributed by atoms with E-state index in [1.54, 1.807) is 9.80 Å². The minimum Gasteiger partial charge on any atom is -0.480 e. The first-order chi connectivity index (χ1) is 11.7. The van der Waals surface area contributed by atoms with E-state index < -0.39 is 21.8 Å². The molecule has 146 valence electrons. The summed E-state index contributed by atoms with van der Waals surface area (Å²) in [7, 11) is -3.08. The molecule has 0 spiro atoms. The Labute approximate surface area is 149 Å². The average Bonchev–Trinajstić information content (AvgIpc) is 2.57. The Balaban J connectivity index is 2.70. The Morgan fingerprint density at radius 2 is 1.20 bits per heavy atom. The number of nitrogens with zero attached hydrogens (tertiary/aromatic N) is 3. The lowest BCUT2D eigenvalue weighted by Gasteiger charge is -2.24. The highest BCUT2D eigenvalue weighted by atomic mass is 32.2. The molecular weight excluding hydrogens is 350 g/mol. The monoisotopic (exact) mass is 379 g/mol. The molecule has 1 heterocycles. The van der Waals surface area contributed by atoms with E-state index in [1.165, 1.54) is 0 Å². The molecule has 1 saturated heterocycles. The van der Waals surface area contributed by atoms with Gasteiger partial charge in [0, 0.05) is 51.6 Å². The second-order valence-electron chi connectivity index (χ2n) is 6.33. The first-order valence-electron chi connectivity index (χ1n) is 8.53. The molecule has 0 aliphatic carbocycles. The molecule has 0 unspecified atom stereocenters. The molecule has 1 aliphatic heterocycles. The van der Waals surface area contributed by atoms with E-state index in [4.69, 9.17) is 10.2 Å². The highest BCUT2D eigenvalue weighted by Gasteiger charge is 2.20. The SMILES string of the molecule is CCCS(=O)(=O)CCN1CCN(CC(=O)O)CCN(CC(=O)O)CC1. The summed E-state index contributed by atoms with van der Waals surface area (Å²) in [6, 6.07) is 0. The lowest BCUT2D eigenvalue weighted by Crippen LogP contribution is -2.40. The van der Waals surface area contributed by atoms with Gasteiger partial charge in [-0.2, -0.15) is 0 Å². The third kappa shape index (κ3) is 9.73. The van der Waals surface area contributed by atoms with Crippen LogP contribution in [-0.2, 0) is 19.4 Å². The molecule has 0 bridgehead atoms. The van der Waals surface area contributed by atoms with Gasteiger partial charge < -0.3 is 10.2 Å². The van der Waals surface area contributed by atoms with Crippen LogP contribution in [0.25, 0.3) is 0 Å². The quantitative estimate of drug-likeness (QED) is 0.514. The van der Waals surface area contributed by atoms with Gasteiger partial charge in [0.1, 0.15) is 0 Å². The molecule has 0 saturated carbocycles. The van der Waals surface area contributed by atoms with E-state index >= 15 is 0 Å². The molecule has 1 fully saturated rings. The van der Waals surface area contributed by atoms with Crippen LogP contribution in [0.15, 0.2) is 0 Å². The maximum Gasteiger partial charge on any atom is 0.317 e. The van der Waals surface area contributed by atoms with Gasteiger partial charge in [-0.15, -0.1) is 0 Å². The predicted octanol–water partition coefficient (Wildman–Crippen LogP) is -1.10. The molecule has 0 aromatic carbocycles. The topological polar surface area (TPSA) is 118 Å². The van der Waals surface area contributed by atoms with Crippen molar-refractivity contribution in [3.8, 4) is 0 Å². The maximum atomic E-state index is 11.9. The highest BCUT2D eigenvalue weighted by Crippen LogP contribution is 2.03. The predicted molar refractivity (Wildman–Crippen MR) is 93.5 cm³/mol. The minimum atomic E-state index is -3.08. The van der Waals surface area contributed by atoms with E-state index in [-0.39, 0.29) is 24.6 Å². The molecule has 0 atom stereocenters. The van der Waals surface area contributed by atoms with Gasteiger partial charge in [-0.05, 0) is 6.42 Å². The van der Waals surface area contributed by atoms with E-state index in [2.05, 4.69) is 0 Å². The molecule has 10 heteroatoms. The second-order valence-corrected chi connectivity index (χ2v) is 8.64. The van der Waals surface area contributed by atoms with Crippen LogP contribution >= 0.6 is 0 Å². The first-order valence-corrected chi connectivity index (χ1v) is 10.3. The van der Waals surface area contributed by atoms with Gasteiger partial charge in [0.2, 0.25) is 0 Å². The molecule has 2 N–H and O–H groups in total. The summed E-state index contributed by atoms with van der Waals surface area (Å²) in [6.07, 6.45) is 0.584. The smallest absolute Gasteiger partial charge is 0.317 e. The normalized spacial score (nSPS) is 19.1. The molecule has 1 rings (SSSR count). The summed E-state index contributed by atoms with van der Waals surface area (Å²) < 4.78 is 23.8. The summed E-state index contributed by atoms with van der Waals surface area (Å²) >= 11 is 0. The first kappa shape index (κ1) is 21.8. The Morgan fingerprint density at radius 1 is 0.800 bits per heavy atom. The fourth-order valence-corrected chi connectivity index (χ4v) is 4.15. The van der Waals surface area contributed by atoms with Crippen molar-refractivity contribution in [2.24, 2.45) is 0 Å². The van der Waals surface area contributed by atoms with E-state index in [0.717, 1.165) is 0 Å². The van der Waals surface area contributed by atoms with Crippen molar-refractivity contribution in [1.82, 2.24) is 14.7 Å². The molecule has 0 radical (unpaired) electrons. The maximum absolute atomic E-state index is 11.9. The van der Waals surface area contributed by atoms with Crippen molar-refractivity contribution in [2.45, 2.75) is 13.3 Å². The minimum absolute atomic E-state index is 0.0682. The number of carbonyl (C=O) groups is 2. The largest absolute Gasteiger partial charge is 0.480 e. The van der Waals surface area contributed by atoms with Crippen LogP contribution in [0.2, 0.25) is 0 Å². The molecule has 25 heavy (non-hydrogen) atoms. The summed E-state index contributed by atoms with van der Waals surface area (Å²) in [5.41, 5.74) is 0. The van der Waals surface area contributed by atoms with Crippen molar-refractivity contribution in [2.75, 3.05) is 70.4 Å². The lowest BCUT2D eigenvalue weighted by molar-refractivity contribution is -0.140. The van der Waals surface area contributed by atoms with Crippen molar-refractivity contribution >= 4 is 21.8 Å². The fourth-order valence-electron chi connectivity index (χ4n) is 2.79. The number of sulfone groups is 1. The van der Waals surface area contributed by atoms with Crippen LogP contribution in [0.3, 0.4) is 0 Å². The molecule has 0 aromatic heterocycles. The number of rotatable bonds is 9. The van der Waals surface area contributed by atoms with E-state index in [0.29, 0.717) is 52.2 Å². The number of carboxylic acid groups (broad SMARTS) is 2. The van der Waals surface area contributed by atoms with Crippen LogP contribution < -0.4 is 0 Å². The zero-order valence-electron chi connectivity index (χ0n) is 14.8. The van der Waals surface area contributed by atoms with Crippen LogP contribution in [0.4, 0.5) is 0 Å². The van der Waals surface area contributed by atoms with E-state index in [9.17, 15) is 18.0 Å². The number of aliphatic carboxylic acids is 2. The summed E-state index contributed by atoms with van der Waals surface area (Å²) in [5, 5.41) is 18.0. The highest BCUT2D eigenvalue weighted by molar-refractivity contribution is 7.91. The molecule has 0 amide bonds. The van der Waals surface area contributed by atoms with Crippen molar-refractivity contribution in [3.63, 3.8) is 0 Å². The van der Waals surface area contributed by atoms with Gasteiger partial charge in [-0.1, -0.05) is 6.92 Å². The third-order valence-corrected chi connectivity index (χ3v) is 5.98. The Morgan fingerprint density at radius 3 is 1.56 bits per heavy atom. The van der Waals surface area contributed by atoms with Crippen molar-refractivity contribution < 1.29 is 28.2 Å². The van der Waals surface area contributed by atoms with Crippen LogP contribution in [-0.4, -0.2) is 116 Å². The van der Waals surface area contributed by atoms with Gasteiger partial charge in [-0.25, -0.2) is 8.42 Å². The van der Waals surface area contributed by atoms with Crippen molar-refractivity contribution in [1.29, 1.82) is 0 Å². The summed E-state index contributed by atoms with van der Waals surface area (Å²) in [5.74, 6) is -1.63. The Kier molecular flexibility index (Phi) is 9.33. The molecule has 0 aromatic rings. The zero-order chi connectivity index (χ0) is 18.9. The Bertz CT molecular complexity index is 511. The van der Waals surface area contributed by atoms with Gasteiger partial charge in [0.15, 0.2) is 9.84 Å². The number of hydrogen-bond acceptors (Lipinski definition) is 7. The Hall–Kier alpha value is -1.23. The average molecular weight is 379 g/mol. The third-order valence-electron chi connectivity index (χ3n) is 4.15. The standard InChI is InChI=1S/C15H29N3O6S/c1-2-10-25(23,24)11-9-16-3-5-17(12-14(19)20)7-8-18(6-4-16)13-15(21)22/h2-13H2,1H3,(H,19,20)(H,21,22). The lowest BCUT2D eigenvalue weighted by atomic mass is 10.4. The molecule has 1 aliphatic rings. The molecule has 9 nitrogen and oxygen atoms in total. The van der Waals surface area contributed by atoms with Crippen LogP contribution in [0.1, 0.15) is 13.3 Å². The number of hydrogen-bond donors (Lipinski definition) is 2. The zero-order valence-corrected chi connectivity index (χ0v) is 15.6. The number of carboxylic acids is 2. The fraction of sp³-hybridized carbons (Fsp3) is 0.867. The van der Waals surface area contributed by atoms with Gasteiger partial charge >= 0.3 is 11.9 Å². The van der Waals surface area contributed by atoms with Gasteiger partial charge in [0.25, 0.3) is 0 Å². The summed E-state index contributed by atoms with van der Waals surface area (Å²) in [6.45, 7) is 5.10. The summed E-state index contributed by atoms with van der Waals surface area (Å²) in [4.78, 5) is 27.5. The van der Waals surface area contributed by atoms with Gasteiger partial charge in [0.05, 0.1) is 18.8 Å². The van der Waals surface area contributed by atoms with Crippen molar-refractivity contribution in [3.05, 3.63) is 0 Å².